The Morgan fingerprint density at radius 3 is 2.25 bits per heavy atom. The van der Waals surface area contributed by atoms with Gasteiger partial charge in [-0.25, -0.2) is 0 Å². The Kier molecular flexibility index (Phi) is 11.4. The predicted molar refractivity (Wildman–Crippen MR) is 55.7 cm³/mol. The molecule has 0 saturated heterocycles. The summed E-state index contributed by atoms with van der Waals surface area (Å²) < 4.78 is 0. The molecule has 0 radical (unpaired) electrons. The lowest BCUT2D eigenvalue weighted by Gasteiger charge is -2.13. The molecule has 0 bridgehead atoms. The fraction of sp³-hybridized carbons (Fsp3) is 1.00. The molecule has 3 N–H and O–H groups in total. The van der Waals surface area contributed by atoms with Crippen LogP contribution in [0.2, 0.25) is 0 Å². The highest BCUT2D eigenvalue weighted by molar-refractivity contribution is 5.85. The molecule has 0 heterocycles. The van der Waals surface area contributed by atoms with E-state index in [9.17, 15) is 0 Å². The molecule has 12 heavy (non-hydrogen) atoms. The minimum absolute atomic E-state index is 0. The van der Waals surface area contributed by atoms with Crippen LogP contribution in [-0.2, 0) is 0 Å². The van der Waals surface area contributed by atoms with Crippen molar-refractivity contribution in [3.63, 3.8) is 0 Å². The van der Waals surface area contributed by atoms with Crippen molar-refractivity contribution < 1.29 is 5.11 Å². The van der Waals surface area contributed by atoms with Crippen LogP contribution in [0.5, 0.6) is 0 Å². The number of rotatable bonds is 6. The van der Waals surface area contributed by atoms with Gasteiger partial charge in [-0.1, -0.05) is 32.6 Å². The largest absolute Gasteiger partial charge is 0.392 e. The summed E-state index contributed by atoms with van der Waals surface area (Å²) in [6.07, 6.45) is 5.54. The van der Waals surface area contributed by atoms with E-state index in [0.29, 0.717) is 0 Å². The van der Waals surface area contributed by atoms with Crippen LogP contribution in [0.4, 0.5) is 0 Å². The van der Waals surface area contributed by atoms with Gasteiger partial charge in [-0.3, -0.25) is 0 Å². The van der Waals surface area contributed by atoms with Gasteiger partial charge in [0.05, 0.1) is 6.10 Å². The predicted octanol–water partition coefficient (Wildman–Crippen LogP) is 2.09. The van der Waals surface area contributed by atoms with Crippen molar-refractivity contribution in [1.82, 2.24) is 0 Å². The number of unbranched alkanes of at least 4 members (excludes halogenated alkanes) is 3. The van der Waals surface area contributed by atoms with Crippen molar-refractivity contribution >= 4 is 12.4 Å². The minimum Gasteiger partial charge on any atom is -0.392 e. The van der Waals surface area contributed by atoms with E-state index in [4.69, 9.17) is 10.8 Å². The molecule has 0 saturated carbocycles. The average molecular weight is 196 g/mol. The van der Waals surface area contributed by atoms with Gasteiger partial charge in [0.2, 0.25) is 0 Å². The van der Waals surface area contributed by atoms with Crippen molar-refractivity contribution in [2.45, 2.75) is 58.1 Å². The smallest absolute Gasteiger partial charge is 0.0662 e. The molecular formula is C9H22ClNO. The second kappa shape index (κ2) is 9.30. The highest BCUT2D eigenvalue weighted by Gasteiger charge is 2.07. The molecule has 0 aromatic carbocycles. The zero-order chi connectivity index (χ0) is 8.69. The summed E-state index contributed by atoms with van der Waals surface area (Å²) in [5, 5.41) is 9.05. The van der Waals surface area contributed by atoms with Gasteiger partial charge in [0.1, 0.15) is 0 Å². The van der Waals surface area contributed by atoms with Crippen molar-refractivity contribution in [3.05, 3.63) is 0 Å². The molecule has 3 heteroatoms. The maximum atomic E-state index is 9.05. The molecule has 0 rings (SSSR count). The quantitative estimate of drug-likeness (QED) is 0.638. The highest BCUT2D eigenvalue weighted by Crippen LogP contribution is 2.06. The molecule has 0 aliphatic carbocycles. The summed E-state index contributed by atoms with van der Waals surface area (Å²) in [7, 11) is 0. The molecule has 0 aromatic heterocycles. The number of hydrogen-bond donors (Lipinski definition) is 2. The van der Waals surface area contributed by atoms with E-state index in [2.05, 4.69) is 6.92 Å². The first-order valence-corrected chi connectivity index (χ1v) is 4.62. The van der Waals surface area contributed by atoms with Gasteiger partial charge in [0, 0.05) is 6.04 Å². The van der Waals surface area contributed by atoms with E-state index >= 15 is 0 Å². The Morgan fingerprint density at radius 2 is 1.83 bits per heavy atom. The lowest BCUT2D eigenvalue weighted by molar-refractivity contribution is 0.157. The Labute approximate surface area is 81.9 Å². The molecule has 2 nitrogen and oxygen atoms in total. The van der Waals surface area contributed by atoms with Crippen molar-refractivity contribution in [2.24, 2.45) is 5.73 Å². The van der Waals surface area contributed by atoms with E-state index in [1.54, 1.807) is 6.92 Å². The lowest BCUT2D eigenvalue weighted by atomic mass is 10.0. The molecule has 0 amide bonds. The van der Waals surface area contributed by atoms with E-state index in [0.717, 1.165) is 12.8 Å². The van der Waals surface area contributed by atoms with E-state index < -0.39 is 0 Å². The number of aliphatic hydroxyl groups is 1. The van der Waals surface area contributed by atoms with Crippen LogP contribution >= 0.6 is 12.4 Å². The molecular weight excluding hydrogens is 174 g/mol. The van der Waals surface area contributed by atoms with Crippen molar-refractivity contribution in [2.75, 3.05) is 0 Å². The van der Waals surface area contributed by atoms with E-state index in [-0.39, 0.29) is 24.6 Å². The summed E-state index contributed by atoms with van der Waals surface area (Å²) in [6.45, 7) is 3.94. The molecule has 0 aromatic rings. The van der Waals surface area contributed by atoms with Gasteiger partial charge < -0.3 is 10.8 Å². The first-order valence-electron chi connectivity index (χ1n) is 4.62. The normalized spacial score (nSPS) is 15.0. The Balaban J connectivity index is 0. The molecule has 0 aliphatic rings. The molecule has 2 unspecified atom stereocenters. The number of halogens is 1. The highest BCUT2D eigenvalue weighted by atomic mass is 35.5. The molecule has 0 fully saturated rings. The van der Waals surface area contributed by atoms with Crippen LogP contribution in [0.3, 0.4) is 0 Å². The number of aliphatic hydroxyl groups excluding tert-OH is 1. The van der Waals surface area contributed by atoms with Crippen molar-refractivity contribution in [3.8, 4) is 0 Å². The molecule has 0 aliphatic heterocycles. The molecule has 0 spiro atoms. The average Bonchev–Trinajstić information content (AvgIpc) is 1.97. The third-order valence-electron chi connectivity index (χ3n) is 2.01. The summed E-state index contributed by atoms with van der Waals surface area (Å²) in [6, 6.07) is -0.0214. The first kappa shape index (κ1) is 14.7. The Bertz CT molecular complexity index is 88.6. The zero-order valence-electron chi connectivity index (χ0n) is 8.12. The van der Waals surface area contributed by atoms with Crippen LogP contribution in [0.1, 0.15) is 46.0 Å². The van der Waals surface area contributed by atoms with Gasteiger partial charge in [-0.2, -0.15) is 0 Å². The third kappa shape index (κ3) is 8.31. The van der Waals surface area contributed by atoms with Crippen LogP contribution < -0.4 is 5.73 Å². The van der Waals surface area contributed by atoms with Crippen LogP contribution in [-0.4, -0.2) is 17.3 Å². The summed E-state index contributed by atoms with van der Waals surface area (Å²) >= 11 is 0. The van der Waals surface area contributed by atoms with Gasteiger partial charge in [0.15, 0.2) is 0 Å². The van der Waals surface area contributed by atoms with Crippen molar-refractivity contribution in [1.29, 1.82) is 0 Å². The first-order chi connectivity index (χ1) is 5.18. The fourth-order valence-electron chi connectivity index (χ4n) is 1.05. The summed E-state index contributed by atoms with van der Waals surface area (Å²) in [5.41, 5.74) is 5.65. The molecule has 76 valence electrons. The van der Waals surface area contributed by atoms with Crippen LogP contribution in [0, 0.1) is 0 Å². The topological polar surface area (TPSA) is 46.2 Å². The number of nitrogens with two attached hydrogens (primary N) is 1. The second-order valence-corrected chi connectivity index (χ2v) is 3.25. The van der Waals surface area contributed by atoms with E-state index in [1.807, 2.05) is 0 Å². The fourth-order valence-corrected chi connectivity index (χ4v) is 1.05. The summed E-state index contributed by atoms with van der Waals surface area (Å²) in [5.74, 6) is 0. The van der Waals surface area contributed by atoms with Gasteiger partial charge in [0.25, 0.3) is 0 Å². The Hall–Kier alpha value is 0.210. The SMILES string of the molecule is CCCCCCC(N)C(C)O.Cl. The summed E-state index contributed by atoms with van der Waals surface area (Å²) in [4.78, 5) is 0. The van der Waals surface area contributed by atoms with Crippen LogP contribution in [0.25, 0.3) is 0 Å². The van der Waals surface area contributed by atoms with E-state index in [1.165, 1.54) is 19.3 Å². The second-order valence-electron chi connectivity index (χ2n) is 3.25. The lowest BCUT2D eigenvalue weighted by Crippen LogP contribution is -2.31. The standard InChI is InChI=1S/C9H21NO.ClH/c1-3-4-5-6-7-9(10)8(2)11;/h8-9,11H,3-7,10H2,1-2H3;1H. The minimum atomic E-state index is -0.350. The van der Waals surface area contributed by atoms with Gasteiger partial charge in [-0.05, 0) is 13.3 Å². The molecule has 2 atom stereocenters. The zero-order valence-corrected chi connectivity index (χ0v) is 8.94. The Morgan fingerprint density at radius 1 is 1.25 bits per heavy atom. The van der Waals surface area contributed by atoms with Crippen LogP contribution in [0.15, 0.2) is 0 Å². The monoisotopic (exact) mass is 195 g/mol. The third-order valence-corrected chi connectivity index (χ3v) is 2.01. The number of hydrogen-bond acceptors (Lipinski definition) is 2. The maximum Gasteiger partial charge on any atom is 0.0662 e. The maximum absolute atomic E-state index is 9.05. The van der Waals surface area contributed by atoms with Gasteiger partial charge >= 0.3 is 0 Å². The van der Waals surface area contributed by atoms with Gasteiger partial charge in [-0.15, -0.1) is 12.4 Å².